The van der Waals surface area contributed by atoms with Gasteiger partial charge in [-0.1, -0.05) is 30.3 Å². The Morgan fingerprint density at radius 3 is 2.61 bits per heavy atom. The van der Waals surface area contributed by atoms with Crippen LogP contribution in [0.15, 0.2) is 47.1 Å². The molecular formula is C22H18BrF2N5O2S. The Morgan fingerprint density at radius 1 is 1.27 bits per heavy atom. The van der Waals surface area contributed by atoms with Crippen LogP contribution < -0.4 is 11.1 Å². The molecule has 11 heteroatoms. The molecule has 3 heterocycles. The van der Waals surface area contributed by atoms with E-state index in [9.17, 15) is 18.4 Å². The Hall–Kier alpha value is -3.18. The number of pyridine rings is 1. The fourth-order valence-electron chi connectivity index (χ4n) is 3.43. The van der Waals surface area contributed by atoms with Gasteiger partial charge in [-0.3, -0.25) is 14.3 Å². The number of nitrogens with two attached hydrogens (primary N) is 1. The lowest BCUT2D eigenvalue weighted by atomic mass is 10.0. The minimum absolute atomic E-state index is 0.0486. The number of alkyl halides is 2. The minimum atomic E-state index is -2.80. The third-order valence-corrected chi connectivity index (χ3v) is 6.95. The van der Waals surface area contributed by atoms with E-state index in [0.717, 1.165) is 21.5 Å². The van der Waals surface area contributed by atoms with Gasteiger partial charge in [0, 0.05) is 17.5 Å². The average Bonchev–Trinajstić information content (AvgIpc) is 3.32. The van der Waals surface area contributed by atoms with Gasteiger partial charge in [0.15, 0.2) is 0 Å². The standard InChI is InChI=1S/C22H18BrF2N5O2S/c1-11-14(23)10-27-30(11)8-7-16(31)29-18-17-13(12-5-3-2-4-6-12)9-15(20(24)25)28-22(17)33-19(18)21(26)32/h2-6,9-10,20H,7-8H2,1H3,(H2,26,32)(H,29,31). The molecule has 0 saturated heterocycles. The van der Waals surface area contributed by atoms with Crippen LogP contribution in [0, 0.1) is 6.92 Å². The quantitative estimate of drug-likeness (QED) is 0.336. The van der Waals surface area contributed by atoms with Crippen LogP contribution in [0.1, 0.15) is 33.9 Å². The predicted molar refractivity (Wildman–Crippen MR) is 126 cm³/mol. The summed E-state index contributed by atoms with van der Waals surface area (Å²) in [6.45, 7) is 2.18. The van der Waals surface area contributed by atoms with E-state index in [1.807, 2.05) is 6.92 Å². The zero-order valence-electron chi connectivity index (χ0n) is 17.3. The number of nitrogens with one attached hydrogen (secondary N) is 1. The highest BCUT2D eigenvalue weighted by atomic mass is 79.9. The van der Waals surface area contributed by atoms with Gasteiger partial charge in [-0.05, 0) is 40.0 Å². The highest BCUT2D eigenvalue weighted by Crippen LogP contribution is 2.42. The molecule has 4 aromatic rings. The molecule has 7 nitrogen and oxygen atoms in total. The highest BCUT2D eigenvalue weighted by molar-refractivity contribution is 9.10. The Kier molecular flexibility index (Phi) is 6.52. The van der Waals surface area contributed by atoms with E-state index >= 15 is 0 Å². The van der Waals surface area contributed by atoms with Crippen molar-refractivity contribution >= 4 is 55.0 Å². The topological polar surface area (TPSA) is 103 Å². The van der Waals surface area contributed by atoms with Gasteiger partial charge in [-0.15, -0.1) is 11.3 Å². The average molecular weight is 534 g/mol. The Balaban J connectivity index is 1.77. The Labute approximate surface area is 199 Å². The molecule has 3 N–H and O–H groups in total. The van der Waals surface area contributed by atoms with E-state index < -0.39 is 18.0 Å². The van der Waals surface area contributed by atoms with Gasteiger partial charge in [0.1, 0.15) is 15.4 Å². The van der Waals surface area contributed by atoms with Crippen molar-refractivity contribution in [3.63, 3.8) is 0 Å². The number of carbonyl (C=O) groups excluding carboxylic acids is 2. The first-order valence-corrected chi connectivity index (χ1v) is 11.5. The summed E-state index contributed by atoms with van der Waals surface area (Å²) in [6.07, 6.45) is -1.08. The number of anilines is 1. The zero-order valence-corrected chi connectivity index (χ0v) is 19.7. The van der Waals surface area contributed by atoms with Crippen LogP contribution in [0.4, 0.5) is 14.5 Å². The van der Waals surface area contributed by atoms with Crippen LogP contribution in [-0.2, 0) is 11.3 Å². The van der Waals surface area contributed by atoms with Crippen LogP contribution >= 0.6 is 27.3 Å². The van der Waals surface area contributed by atoms with Crippen molar-refractivity contribution in [3.05, 3.63) is 63.3 Å². The SMILES string of the molecule is Cc1c(Br)cnn1CCC(=O)Nc1c(C(N)=O)sc2nc(C(F)F)cc(-c3ccccc3)c12. The van der Waals surface area contributed by atoms with E-state index in [4.69, 9.17) is 5.73 Å². The first-order chi connectivity index (χ1) is 15.8. The number of aryl methyl sites for hydroxylation is 1. The number of aromatic nitrogens is 3. The summed E-state index contributed by atoms with van der Waals surface area (Å²) in [5, 5.41) is 7.36. The molecule has 33 heavy (non-hydrogen) atoms. The number of carbonyl (C=O) groups is 2. The van der Waals surface area contributed by atoms with Crippen molar-refractivity contribution in [1.82, 2.24) is 14.8 Å². The number of primary amides is 1. The van der Waals surface area contributed by atoms with Crippen molar-refractivity contribution in [1.29, 1.82) is 0 Å². The van der Waals surface area contributed by atoms with Crippen molar-refractivity contribution in [2.75, 3.05) is 5.32 Å². The molecule has 0 fully saturated rings. The molecule has 0 aliphatic rings. The number of fused-ring (bicyclic) bond motifs is 1. The van der Waals surface area contributed by atoms with Crippen LogP contribution in [0.2, 0.25) is 0 Å². The maximum absolute atomic E-state index is 13.5. The van der Waals surface area contributed by atoms with E-state index in [0.29, 0.717) is 23.1 Å². The van der Waals surface area contributed by atoms with E-state index in [2.05, 4.69) is 31.3 Å². The lowest BCUT2D eigenvalue weighted by molar-refractivity contribution is -0.116. The molecule has 0 aliphatic carbocycles. The molecule has 3 aromatic heterocycles. The van der Waals surface area contributed by atoms with Crippen molar-refractivity contribution in [2.24, 2.45) is 5.73 Å². The molecule has 0 saturated carbocycles. The normalized spacial score (nSPS) is 11.3. The fraction of sp³-hybridized carbons (Fsp3) is 0.182. The van der Waals surface area contributed by atoms with Crippen molar-refractivity contribution < 1.29 is 18.4 Å². The second-order valence-electron chi connectivity index (χ2n) is 7.21. The molecule has 170 valence electrons. The second kappa shape index (κ2) is 9.36. The van der Waals surface area contributed by atoms with E-state index in [1.54, 1.807) is 41.2 Å². The van der Waals surface area contributed by atoms with Gasteiger partial charge in [0.05, 0.1) is 22.9 Å². The number of nitrogens with zero attached hydrogens (tertiary/aromatic N) is 3. The number of hydrogen-bond acceptors (Lipinski definition) is 5. The maximum Gasteiger partial charge on any atom is 0.280 e. The Bertz CT molecular complexity index is 1350. The molecule has 0 radical (unpaired) electrons. The molecule has 0 unspecified atom stereocenters. The molecule has 2 amide bonds. The van der Waals surface area contributed by atoms with Gasteiger partial charge >= 0.3 is 0 Å². The lowest BCUT2D eigenvalue weighted by Gasteiger charge is -2.11. The third kappa shape index (κ3) is 4.64. The van der Waals surface area contributed by atoms with E-state index in [1.165, 1.54) is 6.07 Å². The number of halogens is 3. The van der Waals surface area contributed by atoms with Crippen molar-refractivity contribution in [2.45, 2.75) is 26.3 Å². The summed E-state index contributed by atoms with van der Waals surface area (Å²) < 4.78 is 29.6. The summed E-state index contributed by atoms with van der Waals surface area (Å²) in [5.74, 6) is -1.15. The second-order valence-corrected chi connectivity index (χ2v) is 9.06. The molecule has 0 atom stereocenters. The summed E-state index contributed by atoms with van der Waals surface area (Å²) in [5.41, 5.74) is 7.26. The molecule has 4 rings (SSSR count). The zero-order chi connectivity index (χ0) is 23.7. The van der Waals surface area contributed by atoms with Crippen LogP contribution in [0.25, 0.3) is 21.3 Å². The van der Waals surface area contributed by atoms with Gasteiger partial charge < -0.3 is 11.1 Å². The number of amides is 2. The first kappa shape index (κ1) is 23.0. The van der Waals surface area contributed by atoms with Gasteiger partial charge in [0.25, 0.3) is 12.3 Å². The summed E-state index contributed by atoms with van der Waals surface area (Å²) in [6, 6.07) is 10.1. The number of benzene rings is 1. The van der Waals surface area contributed by atoms with Crippen LogP contribution in [0.5, 0.6) is 0 Å². The largest absolute Gasteiger partial charge is 0.365 e. The lowest BCUT2D eigenvalue weighted by Crippen LogP contribution is -2.18. The molecule has 0 bridgehead atoms. The molecule has 1 aromatic carbocycles. The van der Waals surface area contributed by atoms with Crippen LogP contribution in [0.3, 0.4) is 0 Å². The minimum Gasteiger partial charge on any atom is -0.365 e. The van der Waals surface area contributed by atoms with Gasteiger partial charge in [-0.2, -0.15) is 5.10 Å². The molecule has 0 spiro atoms. The van der Waals surface area contributed by atoms with E-state index in [-0.39, 0.29) is 27.7 Å². The molecular weight excluding hydrogens is 516 g/mol. The third-order valence-electron chi connectivity index (χ3n) is 5.07. The first-order valence-electron chi connectivity index (χ1n) is 9.84. The van der Waals surface area contributed by atoms with Gasteiger partial charge in [0.2, 0.25) is 5.91 Å². The summed E-state index contributed by atoms with van der Waals surface area (Å²) in [4.78, 5) is 29.2. The number of thiophene rings is 1. The number of hydrogen-bond donors (Lipinski definition) is 2. The monoisotopic (exact) mass is 533 g/mol. The van der Waals surface area contributed by atoms with Crippen molar-refractivity contribution in [3.8, 4) is 11.1 Å². The van der Waals surface area contributed by atoms with Gasteiger partial charge in [-0.25, -0.2) is 13.8 Å². The predicted octanol–water partition coefficient (Wildman–Crippen LogP) is 5.30. The maximum atomic E-state index is 13.5. The molecule has 0 aliphatic heterocycles. The smallest absolute Gasteiger partial charge is 0.280 e. The summed E-state index contributed by atoms with van der Waals surface area (Å²) in [7, 11) is 0. The Morgan fingerprint density at radius 2 is 2.00 bits per heavy atom. The summed E-state index contributed by atoms with van der Waals surface area (Å²) >= 11 is 4.25. The number of rotatable bonds is 7. The van der Waals surface area contributed by atoms with Crippen LogP contribution in [-0.4, -0.2) is 26.6 Å². The fourth-order valence-corrected chi connectivity index (χ4v) is 4.74. The highest BCUT2D eigenvalue weighted by Gasteiger charge is 2.24.